The van der Waals surface area contributed by atoms with Crippen LogP contribution in [0.15, 0.2) is 211 Å². The van der Waals surface area contributed by atoms with E-state index in [2.05, 4.69) is 219 Å². The number of fused-ring (bicyclic) bond motifs is 9. The van der Waals surface area contributed by atoms with Gasteiger partial charge in [0.05, 0.1) is 22.5 Å². The number of rotatable bonds is 5. The number of allylic oxidation sites excluding steroid dienone is 8. The van der Waals surface area contributed by atoms with Crippen molar-refractivity contribution in [2.24, 2.45) is 5.84 Å². The number of hydrogen-bond acceptors (Lipinski definition) is 2. The van der Waals surface area contributed by atoms with Crippen molar-refractivity contribution in [1.82, 2.24) is 9.99 Å². The third-order valence-electron chi connectivity index (χ3n) is 14.3. The summed E-state index contributed by atoms with van der Waals surface area (Å²) < 4.78 is 2.62. The van der Waals surface area contributed by atoms with E-state index in [1.165, 1.54) is 88.7 Å². The molecule has 0 saturated heterocycles. The highest BCUT2D eigenvalue weighted by atomic mass is 15.2. The lowest BCUT2D eigenvalue weighted by atomic mass is 9.50. The zero-order chi connectivity index (χ0) is 46.7. The van der Waals surface area contributed by atoms with Crippen molar-refractivity contribution < 1.29 is 0 Å². The lowest BCUT2D eigenvalue weighted by Crippen LogP contribution is -2.45. The van der Waals surface area contributed by atoms with Crippen LogP contribution in [0.3, 0.4) is 0 Å². The van der Waals surface area contributed by atoms with Crippen molar-refractivity contribution in [3.63, 3.8) is 0 Å². The van der Waals surface area contributed by atoms with E-state index >= 15 is 0 Å². The molecule has 3 N–H and O–H groups in total. The number of aromatic nitrogens is 1. The van der Waals surface area contributed by atoms with Crippen molar-refractivity contribution in [2.75, 3.05) is 0 Å². The predicted octanol–water partition coefficient (Wildman–Crippen LogP) is 16.4. The Morgan fingerprint density at radius 1 is 0.567 bits per heavy atom. The maximum atomic E-state index is 6.24. The van der Waals surface area contributed by atoms with Crippen LogP contribution in [0.4, 0.5) is 0 Å². The van der Waals surface area contributed by atoms with Crippen LogP contribution in [0.1, 0.15) is 112 Å². The van der Waals surface area contributed by atoms with Crippen LogP contribution in [-0.2, 0) is 10.8 Å². The van der Waals surface area contributed by atoms with E-state index in [1.807, 2.05) is 33.8 Å². The molecule has 0 saturated carbocycles. The molecule has 8 aromatic rings. The summed E-state index contributed by atoms with van der Waals surface area (Å²) in [6.07, 6.45) is 11.5. The molecule has 12 rings (SSSR count). The first kappa shape index (κ1) is 45.4. The lowest BCUT2D eigenvalue weighted by molar-refractivity contribution is 0.532. The molecule has 2 atom stereocenters. The van der Waals surface area contributed by atoms with Crippen molar-refractivity contribution in [3.8, 4) is 11.1 Å². The van der Waals surface area contributed by atoms with Crippen molar-refractivity contribution in [1.29, 1.82) is 0 Å². The number of hydrogen-bond donors (Lipinski definition) is 2. The van der Waals surface area contributed by atoms with Gasteiger partial charge in [-0.25, -0.2) is 5.43 Å². The molecule has 1 aromatic heterocycles. The zero-order valence-electron chi connectivity index (χ0n) is 40.4. The molecular weight excluding hydrogens is 811 g/mol. The number of nitrogens with one attached hydrogen (secondary N) is 1. The average Bonchev–Trinajstić information content (AvgIpc) is 3.74. The third kappa shape index (κ3) is 7.55. The van der Waals surface area contributed by atoms with E-state index in [-0.39, 0.29) is 16.9 Å². The van der Waals surface area contributed by atoms with Gasteiger partial charge in [0, 0.05) is 21.9 Å². The monoisotopic (exact) mass is 876 g/mol. The smallest absolute Gasteiger partial charge is 0.0710 e. The van der Waals surface area contributed by atoms with E-state index < -0.39 is 0 Å². The van der Waals surface area contributed by atoms with Gasteiger partial charge in [0.25, 0.3) is 0 Å². The number of nitrogens with zero attached hydrogens (tertiary/aromatic N) is 1. The maximum Gasteiger partial charge on any atom is 0.0710 e. The molecule has 3 heteroatoms. The molecule has 0 fully saturated rings. The molecule has 3 aliphatic carbocycles. The van der Waals surface area contributed by atoms with Gasteiger partial charge in [-0.3, -0.25) is 5.84 Å². The fourth-order valence-electron chi connectivity index (χ4n) is 11.6. The van der Waals surface area contributed by atoms with E-state index in [1.54, 1.807) is 5.57 Å². The topological polar surface area (TPSA) is 43.0 Å². The first-order valence-electron chi connectivity index (χ1n) is 24.6. The summed E-state index contributed by atoms with van der Waals surface area (Å²) in [5.41, 5.74) is 24.2. The molecule has 0 bridgehead atoms. The Morgan fingerprint density at radius 2 is 1.16 bits per heavy atom. The van der Waals surface area contributed by atoms with Gasteiger partial charge in [0.1, 0.15) is 0 Å². The van der Waals surface area contributed by atoms with Gasteiger partial charge in [-0.15, -0.1) is 0 Å². The Balaban J connectivity index is 0.000000282. The van der Waals surface area contributed by atoms with Crippen LogP contribution in [0, 0.1) is 6.92 Å². The van der Waals surface area contributed by atoms with Gasteiger partial charge >= 0.3 is 0 Å². The zero-order valence-corrected chi connectivity index (χ0v) is 40.4. The average molecular weight is 876 g/mol. The fourth-order valence-corrected chi connectivity index (χ4v) is 11.6. The van der Waals surface area contributed by atoms with Gasteiger partial charge < -0.3 is 4.57 Å². The van der Waals surface area contributed by atoms with E-state index in [9.17, 15) is 0 Å². The summed E-state index contributed by atoms with van der Waals surface area (Å²) in [6, 6.07) is 64.0. The summed E-state index contributed by atoms with van der Waals surface area (Å²) in [4.78, 5) is 0. The van der Waals surface area contributed by atoms with Crippen molar-refractivity contribution in [3.05, 3.63) is 250 Å². The van der Waals surface area contributed by atoms with Crippen LogP contribution in [-0.4, -0.2) is 4.57 Å². The highest BCUT2D eigenvalue weighted by molar-refractivity contribution is 6.13. The summed E-state index contributed by atoms with van der Waals surface area (Å²) in [6.45, 7) is 15.0. The number of benzene rings is 7. The molecule has 3 nitrogen and oxygen atoms in total. The minimum Gasteiger partial charge on any atom is -0.312 e. The Labute approximate surface area is 399 Å². The molecule has 336 valence electrons. The van der Waals surface area contributed by atoms with Crippen LogP contribution < -0.4 is 11.3 Å². The van der Waals surface area contributed by atoms with Crippen LogP contribution in [0.25, 0.3) is 44.2 Å². The fraction of sp³-hybridized carbons (Fsp3) is 0.219. The van der Waals surface area contributed by atoms with Crippen molar-refractivity contribution in [2.45, 2.75) is 91.0 Å². The largest absolute Gasteiger partial charge is 0.312 e. The van der Waals surface area contributed by atoms with Crippen LogP contribution >= 0.6 is 0 Å². The summed E-state index contributed by atoms with van der Waals surface area (Å²) >= 11 is 0. The maximum absolute atomic E-state index is 6.24. The third-order valence-corrected chi connectivity index (χ3v) is 14.3. The van der Waals surface area contributed by atoms with E-state index in [0.29, 0.717) is 0 Å². The Bertz CT molecular complexity index is 3180. The Morgan fingerprint density at radius 3 is 1.91 bits per heavy atom. The van der Waals surface area contributed by atoms with Gasteiger partial charge in [-0.05, 0) is 112 Å². The summed E-state index contributed by atoms with van der Waals surface area (Å²) in [5.74, 6) is 6.24. The molecule has 0 amide bonds. The first-order valence-corrected chi connectivity index (χ1v) is 24.6. The minimum absolute atomic E-state index is 0.0989. The number of para-hydroxylation sites is 2. The van der Waals surface area contributed by atoms with E-state index in [4.69, 9.17) is 5.84 Å². The second-order valence-corrected chi connectivity index (χ2v) is 18.2. The van der Waals surface area contributed by atoms with Crippen LogP contribution in [0.5, 0.6) is 0 Å². The quantitative estimate of drug-likeness (QED) is 0.134. The van der Waals surface area contributed by atoms with Gasteiger partial charge in [0.15, 0.2) is 0 Å². The number of hydrazine groups is 1. The van der Waals surface area contributed by atoms with E-state index in [0.717, 1.165) is 31.2 Å². The highest BCUT2D eigenvalue weighted by Gasteiger charge is 2.55. The lowest BCUT2D eigenvalue weighted by Gasteiger charge is -2.53. The summed E-state index contributed by atoms with van der Waals surface area (Å²) in [5, 5.41) is 2.69. The molecule has 0 radical (unpaired) electrons. The standard InChI is InChI=1S/C47H41N3.C13H12.2C2H6/c1-46(2)36-22-7-8-23-37(36)47(38-24-9-11-28-42(38)50-41-27-10-6-19-34(41)35-21-14-26-40(47)45(35)50)39-25-13-20-33(43(39)46)31-17-12-18-32(29-31)44(49-48)30-15-4-3-5-16-30;1-11-7-9-13(10-8-11)12-5-3-2-4-6-12;2*1-2/h3-10,12,14-24,26-27,29,44,49H,11,13,25,28,48H2,1-2H3;2-10H,1H3;2*1-2H3. The number of aryl methyl sites for hydroxylation is 1. The highest BCUT2D eigenvalue weighted by Crippen LogP contribution is 2.64. The van der Waals surface area contributed by atoms with Gasteiger partial charge in [-0.1, -0.05) is 229 Å². The Hall–Kier alpha value is -6.78. The molecule has 1 aliphatic heterocycles. The van der Waals surface area contributed by atoms with Crippen molar-refractivity contribution >= 4 is 33.1 Å². The van der Waals surface area contributed by atoms with Crippen LogP contribution in [0.2, 0.25) is 0 Å². The second kappa shape index (κ2) is 19.2. The Kier molecular flexibility index (Phi) is 13.0. The normalized spacial score (nSPS) is 17.7. The molecule has 2 heterocycles. The molecule has 7 aromatic carbocycles. The molecule has 4 aliphatic rings. The molecule has 67 heavy (non-hydrogen) atoms. The number of nitrogens with two attached hydrogens (primary N) is 1. The molecule has 2 unspecified atom stereocenters. The molecule has 1 spiro atoms. The molecular formula is C64H65N3. The van der Waals surface area contributed by atoms with Gasteiger partial charge in [-0.2, -0.15) is 0 Å². The summed E-state index contributed by atoms with van der Waals surface area (Å²) in [7, 11) is 0. The SMILES string of the molecule is CC.CC.CC1(C)C2=C(CCC=C2c2cccc(C(NN)c3ccccc3)c2)C2(C3=C(CCC=C3)n3c4ccccc4c4cccc2c43)c2ccccc21.Cc1ccc(-c2ccccc2)cc1. The minimum atomic E-state index is -0.389. The predicted molar refractivity (Wildman–Crippen MR) is 287 cm³/mol. The second-order valence-electron chi connectivity index (χ2n) is 18.2. The van der Waals surface area contributed by atoms with Gasteiger partial charge in [0.2, 0.25) is 0 Å². The first-order chi connectivity index (χ1) is 32.9.